The molecule has 0 saturated heterocycles. The quantitative estimate of drug-likeness (QED) is 0.548. The van der Waals surface area contributed by atoms with Gasteiger partial charge in [0, 0.05) is 0 Å². The van der Waals surface area contributed by atoms with Crippen molar-refractivity contribution in [2.45, 2.75) is 65.8 Å². The molecular formula is C20H32OSi. The minimum absolute atomic E-state index is 0.365. The molecule has 0 aliphatic heterocycles. The standard InChI is InChI=1S/C20H32OSi/c1-17(2)11-10-14-20(3,15-16-22(4,5)6)19(21)18-12-8-7-9-13-18/h7-9,12-13,17,19,21H,10-11,14H2,1-6H3/t19?,20-/m0/s1. The molecule has 0 amide bonds. The summed E-state index contributed by atoms with van der Waals surface area (Å²) in [5, 5.41) is 10.9. The summed E-state index contributed by atoms with van der Waals surface area (Å²) in [5.41, 5.74) is 4.09. The Morgan fingerprint density at radius 2 is 1.73 bits per heavy atom. The highest BCUT2D eigenvalue weighted by Crippen LogP contribution is 2.38. The van der Waals surface area contributed by atoms with E-state index in [1.807, 2.05) is 30.3 Å². The van der Waals surface area contributed by atoms with Gasteiger partial charge in [-0.05, 0) is 24.8 Å². The zero-order valence-electron chi connectivity index (χ0n) is 15.1. The van der Waals surface area contributed by atoms with Crippen LogP contribution in [0.15, 0.2) is 30.3 Å². The smallest absolute Gasteiger partial charge is 0.129 e. The number of aliphatic hydroxyl groups is 1. The van der Waals surface area contributed by atoms with Gasteiger partial charge < -0.3 is 5.11 Å². The second kappa shape index (κ2) is 7.99. The van der Waals surface area contributed by atoms with Crippen LogP contribution < -0.4 is 0 Å². The first-order valence-corrected chi connectivity index (χ1v) is 11.9. The van der Waals surface area contributed by atoms with Crippen molar-refractivity contribution in [3.63, 3.8) is 0 Å². The Morgan fingerprint density at radius 3 is 2.23 bits per heavy atom. The predicted octanol–water partition coefficient (Wildman–Crippen LogP) is 5.43. The molecule has 0 saturated carbocycles. The van der Waals surface area contributed by atoms with Gasteiger partial charge in [0.1, 0.15) is 8.07 Å². The van der Waals surface area contributed by atoms with Gasteiger partial charge in [0.05, 0.1) is 11.5 Å². The lowest BCUT2D eigenvalue weighted by Crippen LogP contribution is -2.26. The maximum absolute atomic E-state index is 10.9. The van der Waals surface area contributed by atoms with E-state index >= 15 is 0 Å². The van der Waals surface area contributed by atoms with E-state index in [2.05, 4.69) is 51.9 Å². The normalized spacial score (nSPS) is 15.8. The highest BCUT2D eigenvalue weighted by Gasteiger charge is 2.32. The summed E-state index contributed by atoms with van der Waals surface area (Å²) in [6.07, 6.45) is 2.72. The number of hydrogen-bond donors (Lipinski definition) is 1. The average molecular weight is 317 g/mol. The number of hydrogen-bond acceptors (Lipinski definition) is 1. The second-order valence-electron chi connectivity index (χ2n) is 8.02. The van der Waals surface area contributed by atoms with Crippen LogP contribution in [0.3, 0.4) is 0 Å². The summed E-state index contributed by atoms with van der Waals surface area (Å²) in [5.74, 6) is 4.17. The minimum Gasteiger partial charge on any atom is -0.387 e. The van der Waals surface area contributed by atoms with Crippen LogP contribution in [-0.4, -0.2) is 13.2 Å². The van der Waals surface area contributed by atoms with Gasteiger partial charge in [-0.15, -0.1) is 11.5 Å². The van der Waals surface area contributed by atoms with Gasteiger partial charge >= 0.3 is 0 Å². The monoisotopic (exact) mass is 316 g/mol. The molecule has 122 valence electrons. The molecule has 1 aromatic carbocycles. The molecule has 0 bridgehead atoms. The van der Waals surface area contributed by atoms with Crippen LogP contribution in [-0.2, 0) is 0 Å². The number of rotatable bonds is 6. The third kappa shape index (κ3) is 6.38. The Kier molecular flexibility index (Phi) is 6.90. The molecule has 1 unspecified atom stereocenters. The minimum atomic E-state index is -1.45. The van der Waals surface area contributed by atoms with Crippen LogP contribution in [0.5, 0.6) is 0 Å². The van der Waals surface area contributed by atoms with Crippen molar-refractivity contribution in [1.82, 2.24) is 0 Å². The largest absolute Gasteiger partial charge is 0.387 e. The fraction of sp³-hybridized carbons (Fsp3) is 0.600. The van der Waals surface area contributed by atoms with Gasteiger partial charge in [-0.25, -0.2) is 0 Å². The fourth-order valence-corrected chi connectivity index (χ4v) is 3.14. The first kappa shape index (κ1) is 19.0. The summed E-state index contributed by atoms with van der Waals surface area (Å²) in [6, 6.07) is 9.96. The first-order chi connectivity index (χ1) is 10.1. The first-order valence-electron chi connectivity index (χ1n) is 8.41. The Hall–Kier alpha value is -1.04. The Labute approximate surface area is 138 Å². The average Bonchev–Trinajstić information content (AvgIpc) is 2.44. The molecule has 1 aromatic rings. The van der Waals surface area contributed by atoms with E-state index in [9.17, 15) is 5.11 Å². The summed E-state index contributed by atoms with van der Waals surface area (Å²) in [4.78, 5) is 0. The van der Waals surface area contributed by atoms with E-state index in [1.165, 1.54) is 6.42 Å². The highest BCUT2D eigenvalue weighted by molar-refractivity contribution is 6.83. The van der Waals surface area contributed by atoms with Gasteiger partial charge in [0.25, 0.3) is 0 Å². The number of benzene rings is 1. The topological polar surface area (TPSA) is 20.2 Å². The lowest BCUT2D eigenvalue weighted by molar-refractivity contribution is 0.0679. The van der Waals surface area contributed by atoms with Crippen molar-refractivity contribution in [2.75, 3.05) is 0 Å². The Balaban J connectivity index is 3.01. The summed E-state index contributed by atoms with van der Waals surface area (Å²) >= 11 is 0. The van der Waals surface area contributed by atoms with Crippen LogP contribution in [0.1, 0.15) is 51.7 Å². The summed E-state index contributed by atoms with van der Waals surface area (Å²) in [7, 11) is -1.45. The van der Waals surface area contributed by atoms with E-state index in [0.29, 0.717) is 5.92 Å². The summed E-state index contributed by atoms with van der Waals surface area (Å²) in [6.45, 7) is 13.4. The number of aliphatic hydroxyl groups excluding tert-OH is 1. The van der Waals surface area contributed by atoms with Crippen LogP contribution in [0.4, 0.5) is 0 Å². The zero-order valence-corrected chi connectivity index (χ0v) is 16.1. The van der Waals surface area contributed by atoms with Crippen molar-refractivity contribution in [3.05, 3.63) is 35.9 Å². The molecule has 0 aromatic heterocycles. The third-order valence-electron chi connectivity index (χ3n) is 3.92. The van der Waals surface area contributed by atoms with Crippen LogP contribution >= 0.6 is 0 Å². The molecule has 22 heavy (non-hydrogen) atoms. The van der Waals surface area contributed by atoms with E-state index in [4.69, 9.17) is 0 Å². The fourth-order valence-electron chi connectivity index (χ4n) is 2.48. The van der Waals surface area contributed by atoms with Crippen molar-refractivity contribution >= 4 is 8.07 Å². The van der Waals surface area contributed by atoms with E-state index < -0.39 is 14.2 Å². The van der Waals surface area contributed by atoms with Gasteiger partial charge in [-0.1, -0.05) is 76.7 Å². The van der Waals surface area contributed by atoms with Crippen molar-refractivity contribution in [3.8, 4) is 11.5 Å². The third-order valence-corrected chi connectivity index (χ3v) is 4.79. The second-order valence-corrected chi connectivity index (χ2v) is 12.8. The molecule has 1 nitrogen and oxygen atoms in total. The van der Waals surface area contributed by atoms with E-state index in [0.717, 1.165) is 18.4 Å². The predicted molar refractivity (Wildman–Crippen MR) is 99.3 cm³/mol. The van der Waals surface area contributed by atoms with Crippen LogP contribution in [0, 0.1) is 22.8 Å². The molecule has 1 N–H and O–H groups in total. The van der Waals surface area contributed by atoms with Gasteiger partial charge in [-0.3, -0.25) is 0 Å². The lowest BCUT2D eigenvalue weighted by Gasteiger charge is -2.31. The van der Waals surface area contributed by atoms with Gasteiger partial charge in [0.2, 0.25) is 0 Å². The SMILES string of the molecule is CC(C)CCC[C@@](C)(C#C[Si](C)(C)C)C(O)c1ccccc1. The molecule has 1 rings (SSSR count). The van der Waals surface area contributed by atoms with E-state index in [-0.39, 0.29) is 5.41 Å². The van der Waals surface area contributed by atoms with Crippen LogP contribution in [0.2, 0.25) is 19.6 Å². The molecular weight excluding hydrogens is 284 g/mol. The highest BCUT2D eigenvalue weighted by atomic mass is 28.3. The van der Waals surface area contributed by atoms with Crippen LogP contribution in [0.25, 0.3) is 0 Å². The molecule has 0 heterocycles. The molecule has 2 atom stereocenters. The lowest BCUT2D eigenvalue weighted by atomic mass is 9.77. The van der Waals surface area contributed by atoms with Crippen molar-refractivity contribution in [1.29, 1.82) is 0 Å². The molecule has 2 heteroatoms. The van der Waals surface area contributed by atoms with Crippen molar-refractivity contribution in [2.24, 2.45) is 11.3 Å². The van der Waals surface area contributed by atoms with Gasteiger partial charge in [-0.2, -0.15) is 0 Å². The maximum atomic E-state index is 10.9. The Morgan fingerprint density at radius 1 is 1.14 bits per heavy atom. The molecule has 0 radical (unpaired) electrons. The summed E-state index contributed by atoms with van der Waals surface area (Å²) < 4.78 is 0. The zero-order chi connectivity index (χ0) is 16.8. The van der Waals surface area contributed by atoms with Crippen molar-refractivity contribution < 1.29 is 5.11 Å². The maximum Gasteiger partial charge on any atom is 0.129 e. The molecule has 0 fully saturated rings. The van der Waals surface area contributed by atoms with Gasteiger partial charge in [0.15, 0.2) is 0 Å². The molecule has 0 aliphatic carbocycles. The molecule has 0 spiro atoms. The van der Waals surface area contributed by atoms with E-state index in [1.54, 1.807) is 0 Å². The Bertz CT molecular complexity index is 504. The molecule has 0 aliphatic rings.